The van der Waals surface area contributed by atoms with E-state index in [0.717, 1.165) is 19.5 Å². The van der Waals surface area contributed by atoms with Gasteiger partial charge in [0.15, 0.2) is 23.1 Å². The molecule has 0 amide bonds. The van der Waals surface area contributed by atoms with Gasteiger partial charge in [-0.25, -0.2) is 4.98 Å². The summed E-state index contributed by atoms with van der Waals surface area (Å²) in [6, 6.07) is 0. The first-order valence-corrected chi connectivity index (χ1v) is 15.7. The Morgan fingerprint density at radius 1 is 0.604 bits per heavy atom. The van der Waals surface area contributed by atoms with Gasteiger partial charge in [-0.15, -0.1) is 0 Å². The Balaban J connectivity index is 0. The van der Waals surface area contributed by atoms with Gasteiger partial charge in [-0.1, -0.05) is 48.6 Å². The average molecular weight is 871 g/mol. The van der Waals surface area contributed by atoms with Crippen molar-refractivity contribution < 1.29 is 81.0 Å². The molecule has 1 aromatic heterocycles. The molecule has 0 atom stereocenters. The molecular weight excluding hydrogens is 827 g/mol. The van der Waals surface area contributed by atoms with Crippen LogP contribution in [0.5, 0.6) is 0 Å². The van der Waals surface area contributed by atoms with Crippen molar-refractivity contribution in [1.82, 2.24) is 30.8 Å². The van der Waals surface area contributed by atoms with Gasteiger partial charge in [-0.05, 0) is 55.0 Å². The maximum Gasteiger partial charge on any atom is 1.00 e. The van der Waals surface area contributed by atoms with E-state index in [4.69, 9.17) is 0 Å². The van der Waals surface area contributed by atoms with E-state index in [-0.39, 0.29) is 79.8 Å². The number of hydrogen-bond donors (Lipinski definition) is 5. The van der Waals surface area contributed by atoms with Crippen LogP contribution < -0.4 is 21.3 Å². The maximum atomic E-state index is 11.5. The smallest absolute Gasteiger partial charge is 0.412 e. The molecule has 0 bridgehead atoms. The van der Waals surface area contributed by atoms with Crippen LogP contribution in [0.25, 0.3) is 0 Å². The molecule has 12 nitrogen and oxygen atoms in total. The zero-order valence-corrected chi connectivity index (χ0v) is 31.6. The van der Waals surface area contributed by atoms with Crippen LogP contribution in [0.15, 0.2) is 163 Å². The second kappa shape index (κ2) is 30.0. The number of carbonyl (C=O) groups is 4. The van der Waals surface area contributed by atoms with Crippen LogP contribution in [0.2, 0.25) is 0 Å². The Bertz CT molecular complexity index is 1590. The quantitative estimate of drug-likeness (QED) is 0.118. The minimum atomic E-state index is -0.648. The molecule has 0 aliphatic heterocycles. The van der Waals surface area contributed by atoms with E-state index in [2.05, 4.69) is 26.3 Å². The summed E-state index contributed by atoms with van der Waals surface area (Å²) in [4.78, 5) is 49.6. The molecule has 53 heavy (non-hydrogen) atoms. The van der Waals surface area contributed by atoms with Crippen molar-refractivity contribution in [3.05, 3.63) is 163 Å². The summed E-state index contributed by atoms with van der Waals surface area (Å²) in [5, 5.41) is 21.9. The van der Waals surface area contributed by atoms with Crippen molar-refractivity contribution in [1.29, 1.82) is 0 Å². The number of aryl methyl sites for hydroxylation is 1. The van der Waals surface area contributed by atoms with Crippen LogP contribution >= 0.6 is 0 Å². The predicted molar refractivity (Wildman–Crippen MR) is 195 cm³/mol. The van der Waals surface area contributed by atoms with E-state index in [9.17, 15) is 24.3 Å². The van der Waals surface area contributed by atoms with Gasteiger partial charge < -0.3 is 36.4 Å². The number of aliphatic hydroxyl groups is 1. The van der Waals surface area contributed by atoms with Gasteiger partial charge in [-0.3, -0.25) is 19.2 Å². The number of nitrogens with one attached hydrogen (secondary N) is 4. The molecule has 0 aromatic carbocycles. The Labute approximate surface area is 341 Å². The second-order valence-corrected chi connectivity index (χ2v) is 10.7. The van der Waals surface area contributed by atoms with Crippen molar-refractivity contribution in [3.8, 4) is 0 Å². The number of aliphatic hydroxyl groups excluding tert-OH is 1. The molecule has 4 aliphatic carbocycles. The van der Waals surface area contributed by atoms with Gasteiger partial charge in [-0.2, -0.15) is 0 Å². The van der Waals surface area contributed by atoms with Crippen molar-refractivity contribution >= 4 is 23.1 Å². The number of allylic oxidation sites excluding steroid dienone is 20. The van der Waals surface area contributed by atoms with Gasteiger partial charge in [0.25, 0.3) is 0 Å². The van der Waals surface area contributed by atoms with Crippen LogP contribution in [0.3, 0.4) is 0 Å². The first-order chi connectivity index (χ1) is 23.8. The fourth-order valence-electron chi connectivity index (χ4n) is 4.06. The Morgan fingerprint density at radius 3 is 1.19 bits per heavy atom. The monoisotopic (exact) mass is 869 g/mol. The van der Waals surface area contributed by atoms with Gasteiger partial charge in [0.05, 0.1) is 12.4 Å². The van der Waals surface area contributed by atoms with E-state index in [1.807, 2.05) is 30.0 Å². The Morgan fingerprint density at radius 2 is 0.925 bits per heavy atom. The third kappa shape index (κ3) is 20.9. The van der Waals surface area contributed by atoms with E-state index < -0.39 is 6.10 Å². The normalized spacial score (nSPS) is 18.2. The zero-order chi connectivity index (χ0) is 35.1. The van der Waals surface area contributed by atoms with Gasteiger partial charge in [0.1, 0.15) is 0 Å². The Kier molecular flexibility index (Phi) is 28.6. The van der Waals surface area contributed by atoms with Crippen molar-refractivity contribution in [2.45, 2.75) is 12.5 Å². The molecule has 5 rings (SSSR count). The van der Waals surface area contributed by atoms with Gasteiger partial charge in [0.2, 0.25) is 0 Å². The molecule has 1 aromatic rings. The third-order valence-corrected chi connectivity index (χ3v) is 6.69. The number of ketones is 4. The van der Waals surface area contributed by atoms with E-state index in [0.29, 0.717) is 35.4 Å². The summed E-state index contributed by atoms with van der Waals surface area (Å²) in [6.07, 6.45) is 39.4. The summed E-state index contributed by atoms with van der Waals surface area (Å²) in [7, 11) is 1.94. The van der Waals surface area contributed by atoms with Crippen molar-refractivity contribution in [3.63, 3.8) is 0 Å². The Hall–Kier alpha value is -4.55. The minimum absolute atomic E-state index is 0. The molecule has 0 saturated heterocycles. The molecule has 0 saturated carbocycles. The summed E-state index contributed by atoms with van der Waals surface area (Å²) >= 11 is 0. The molecular formula is C38H44Cu3N6O6+. The summed E-state index contributed by atoms with van der Waals surface area (Å²) in [5.74, 6) is -0.0991. The fourth-order valence-corrected chi connectivity index (χ4v) is 4.06. The number of imidazole rings is 1. The van der Waals surface area contributed by atoms with Crippen LogP contribution in [-0.4, -0.2) is 75.5 Å². The van der Waals surface area contributed by atoms with Gasteiger partial charge >= 0.3 is 17.1 Å². The van der Waals surface area contributed by atoms with E-state index in [1.54, 1.807) is 110 Å². The summed E-state index contributed by atoms with van der Waals surface area (Å²) in [5.41, 5.74) is 2.43. The van der Waals surface area contributed by atoms with Crippen molar-refractivity contribution in [2.75, 3.05) is 26.2 Å². The zero-order valence-electron chi connectivity index (χ0n) is 28.8. The molecule has 0 fully saturated rings. The SMILES string of the molecule is Cn1ccnc1.O.O=C1C=CC=CC1=CNCC(O)CNC=C1C=CC=CC1=O.O=C1C=CC=CC1=CNCCCNC=C1C=CC=CC1=O.[Cu+].[Cu].[Cu]. The fraction of sp³-hybridized carbons (Fsp3) is 0.184. The average Bonchev–Trinajstić information content (AvgIpc) is 3.59. The molecule has 0 spiro atoms. The maximum absolute atomic E-state index is 11.5. The first kappa shape index (κ1) is 50.6. The predicted octanol–water partition coefficient (Wildman–Crippen LogP) is 1.99. The van der Waals surface area contributed by atoms with Crippen LogP contribution in [0.4, 0.5) is 0 Å². The first-order valence-electron chi connectivity index (χ1n) is 15.7. The molecule has 0 unspecified atom stereocenters. The van der Waals surface area contributed by atoms with Gasteiger partial charge in [0, 0.05) is 127 Å². The third-order valence-electron chi connectivity index (χ3n) is 6.69. The molecule has 15 heteroatoms. The summed E-state index contributed by atoms with van der Waals surface area (Å²) < 4.78 is 1.89. The number of aromatic nitrogens is 2. The second-order valence-electron chi connectivity index (χ2n) is 10.7. The molecule has 4 aliphatic rings. The number of hydrogen-bond acceptors (Lipinski definition) is 10. The molecule has 2 radical (unpaired) electrons. The topological polar surface area (TPSA) is 186 Å². The molecule has 294 valence electrons. The number of carbonyl (C=O) groups excluding carboxylic acids is 4. The minimum Gasteiger partial charge on any atom is -0.412 e. The molecule has 1 heterocycles. The van der Waals surface area contributed by atoms with Crippen LogP contribution in [0, 0.1) is 0 Å². The number of nitrogens with zero attached hydrogens (tertiary/aromatic N) is 2. The summed E-state index contributed by atoms with van der Waals surface area (Å²) in [6.45, 7) is 2.12. The largest absolute Gasteiger partial charge is 1.00 e. The standard InChI is InChI=1S/C17H18N2O3.C17H18N2O2.C4H6N2.3Cu.H2O/c20-15(11-18-9-13-5-1-3-7-16(13)21)12-19-10-14-6-2-4-8-17(14)22;20-16-8-3-1-6-14(16)12-18-10-5-11-19-13-15-7-2-4-9-17(15)21;1-6-3-2-5-4-6;;;;/h1-10,15,18-20H,11-12H2;1-4,6-9,12-13,18-19H,5,10-11H2;2-4H,1H3;;;;1H2/q;;;;;+1;. The molecule has 7 N–H and O–H groups in total. The van der Waals surface area contributed by atoms with Crippen LogP contribution in [0.1, 0.15) is 6.42 Å². The van der Waals surface area contributed by atoms with E-state index >= 15 is 0 Å². The van der Waals surface area contributed by atoms with Crippen molar-refractivity contribution in [2.24, 2.45) is 7.05 Å². The number of rotatable bonds is 12. The van der Waals surface area contributed by atoms with E-state index in [1.165, 1.54) is 12.2 Å². The van der Waals surface area contributed by atoms with Crippen LogP contribution in [-0.2, 0) is 77.4 Å².